The molecule has 0 fully saturated rings. The van der Waals surface area contributed by atoms with Crippen LogP contribution in [0.25, 0.3) is 6.08 Å². The Morgan fingerprint density at radius 1 is 1.00 bits per heavy atom. The molecule has 0 radical (unpaired) electrons. The first kappa shape index (κ1) is 18.3. The number of benzene rings is 2. The van der Waals surface area contributed by atoms with Gasteiger partial charge in [-0.2, -0.15) is 0 Å². The van der Waals surface area contributed by atoms with E-state index >= 15 is 0 Å². The summed E-state index contributed by atoms with van der Waals surface area (Å²) < 4.78 is 5.49. The van der Waals surface area contributed by atoms with E-state index in [0.717, 1.165) is 17.5 Å². The van der Waals surface area contributed by atoms with Crippen LogP contribution < -0.4 is 15.6 Å². The summed E-state index contributed by atoms with van der Waals surface area (Å²) in [5.41, 5.74) is 7.19. The maximum absolute atomic E-state index is 12.0. The second-order valence-corrected chi connectivity index (χ2v) is 5.30. The van der Waals surface area contributed by atoms with Gasteiger partial charge in [-0.3, -0.25) is 20.4 Å². The molecule has 2 aromatic rings. The summed E-state index contributed by atoms with van der Waals surface area (Å²) in [5.74, 6) is -0.0851. The SMILES string of the molecule is CCOc1ccccc1/C=C/C(=O)NNC(=O)c1ccc(CC)cc1. The molecular weight excluding hydrogens is 316 g/mol. The highest BCUT2D eigenvalue weighted by atomic mass is 16.5. The van der Waals surface area contributed by atoms with Gasteiger partial charge in [0.05, 0.1) is 6.61 Å². The number of aryl methyl sites for hydroxylation is 1. The quantitative estimate of drug-likeness (QED) is 0.628. The van der Waals surface area contributed by atoms with Crippen molar-refractivity contribution in [2.45, 2.75) is 20.3 Å². The van der Waals surface area contributed by atoms with Crippen LogP contribution in [0.1, 0.15) is 35.3 Å². The predicted molar refractivity (Wildman–Crippen MR) is 98.1 cm³/mol. The Kier molecular flexibility index (Phi) is 6.77. The van der Waals surface area contributed by atoms with Crippen molar-refractivity contribution in [1.29, 1.82) is 0 Å². The number of amides is 2. The number of nitrogens with one attached hydrogen (secondary N) is 2. The summed E-state index contributed by atoms with van der Waals surface area (Å²) in [4.78, 5) is 23.9. The number of hydrazine groups is 1. The number of para-hydroxylation sites is 1. The monoisotopic (exact) mass is 338 g/mol. The third-order valence-electron chi connectivity index (χ3n) is 3.56. The highest BCUT2D eigenvalue weighted by Crippen LogP contribution is 2.19. The number of carbonyl (C=O) groups is 2. The summed E-state index contributed by atoms with van der Waals surface area (Å²) in [7, 11) is 0. The van der Waals surface area contributed by atoms with Gasteiger partial charge in [0.25, 0.3) is 11.8 Å². The Labute approximate surface area is 147 Å². The minimum Gasteiger partial charge on any atom is -0.493 e. The average molecular weight is 338 g/mol. The van der Waals surface area contributed by atoms with E-state index in [9.17, 15) is 9.59 Å². The van der Waals surface area contributed by atoms with Gasteiger partial charge in [0.2, 0.25) is 0 Å². The van der Waals surface area contributed by atoms with E-state index in [-0.39, 0.29) is 5.91 Å². The second kappa shape index (κ2) is 9.27. The molecule has 2 N–H and O–H groups in total. The van der Waals surface area contributed by atoms with Crippen molar-refractivity contribution >= 4 is 17.9 Å². The molecule has 0 atom stereocenters. The lowest BCUT2D eigenvalue weighted by atomic mass is 10.1. The Hall–Kier alpha value is -3.08. The molecule has 0 heterocycles. The molecule has 0 bridgehead atoms. The fourth-order valence-electron chi connectivity index (χ4n) is 2.19. The van der Waals surface area contributed by atoms with Gasteiger partial charge in [-0.1, -0.05) is 37.3 Å². The molecule has 0 saturated carbocycles. The van der Waals surface area contributed by atoms with Crippen molar-refractivity contribution in [3.05, 3.63) is 71.3 Å². The van der Waals surface area contributed by atoms with Crippen LogP contribution in [0.15, 0.2) is 54.6 Å². The maximum Gasteiger partial charge on any atom is 0.269 e. The normalized spacial score (nSPS) is 10.5. The Balaban J connectivity index is 1.90. The fraction of sp³-hybridized carbons (Fsp3) is 0.200. The van der Waals surface area contributed by atoms with Crippen LogP contribution in [0.4, 0.5) is 0 Å². The summed E-state index contributed by atoms with van der Waals surface area (Å²) in [5, 5.41) is 0. The summed E-state index contributed by atoms with van der Waals surface area (Å²) in [6.45, 7) is 4.49. The van der Waals surface area contributed by atoms with E-state index in [2.05, 4.69) is 10.9 Å². The molecular formula is C20H22N2O3. The predicted octanol–water partition coefficient (Wildman–Crippen LogP) is 3.12. The molecule has 2 rings (SSSR count). The minimum atomic E-state index is -0.426. The molecule has 0 unspecified atom stereocenters. The van der Waals surface area contributed by atoms with Crippen molar-refractivity contribution < 1.29 is 14.3 Å². The van der Waals surface area contributed by atoms with Gasteiger partial charge < -0.3 is 4.74 Å². The number of ether oxygens (including phenoxy) is 1. The van der Waals surface area contributed by atoms with Crippen molar-refractivity contribution in [3.63, 3.8) is 0 Å². The van der Waals surface area contributed by atoms with Crippen LogP contribution in [0.5, 0.6) is 5.75 Å². The van der Waals surface area contributed by atoms with Gasteiger partial charge >= 0.3 is 0 Å². The molecule has 25 heavy (non-hydrogen) atoms. The number of carbonyl (C=O) groups excluding carboxylic acids is 2. The van der Waals surface area contributed by atoms with Crippen LogP contribution in [-0.2, 0) is 11.2 Å². The Bertz CT molecular complexity index is 752. The summed E-state index contributed by atoms with van der Waals surface area (Å²) in [6.07, 6.45) is 3.90. The molecule has 0 spiro atoms. The lowest BCUT2D eigenvalue weighted by Crippen LogP contribution is -2.40. The van der Waals surface area contributed by atoms with Gasteiger partial charge in [0.15, 0.2) is 0 Å². The van der Waals surface area contributed by atoms with E-state index < -0.39 is 5.91 Å². The number of hydrogen-bond donors (Lipinski definition) is 2. The summed E-state index contributed by atoms with van der Waals surface area (Å²) >= 11 is 0. The standard InChI is InChI=1S/C20H22N2O3/c1-3-15-9-11-17(12-10-15)20(24)22-21-19(23)14-13-16-7-5-6-8-18(16)25-4-2/h5-14H,3-4H2,1-2H3,(H,21,23)(H,22,24)/b14-13+. The van der Waals surface area contributed by atoms with Crippen LogP contribution in [-0.4, -0.2) is 18.4 Å². The van der Waals surface area contributed by atoms with E-state index in [4.69, 9.17) is 4.74 Å². The van der Waals surface area contributed by atoms with Gasteiger partial charge in [-0.25, -0.2) is 0 Å². The van der Waals surface area contributed by atoms with Crippen molar-refractivity contribution in [2.75, 3.05) is 6.61 Å². The molecule has 0 aliphatic carbocycles. The molecule has 0 saturated heterocycles. The molecule has 130 valence electrons. The molecule has 2 aromatic carbocycles. The molecule has 0 aromatic heterocycles. The minimum absolute atomic E-state index is 0.362. The van der Waals surface area contributed by atoms with E-state index in [1.807, 2.05) is 50.2 Å². The highest BCUT2D eigenvalue weighted by molar-refractivity contribution is 5.98. The maximum atomic E-state index is 12.0. The van der Waals surface area contributed by atoms with Crippen LogP contribution in [0.3, 0.4) is 0 Å². The highest BCUT2D eigenvalue weighted by Gasteiger charge is 2.06. The number of hydrogen-bond acceptors (Lipinski definition) is 3. The van der Waals surface area contributed by atoms with Gasteiger partial charge in [-0.15, -0.1) is 0 Å². The Morgan fingerprint density at radius 2 is 1.72 bits per heavy atom. The van der Waals surface area contributed by atoms with E-state index in [1.165, 1.54) is 6.08 Å². The number of rotatable bonds is 6. The van der Waals surface area contributed by atoms with Gasteiger partial charge in [0, 0.05) is 17.2 Å². The second-order valence-electron chi connectivity index (χ2n) is 5.30. The summed E-state index contributed by atoms with van der Waals surface area (Å²) in [6, 6.07) is 14.7. The first-order valence-corrected chi connectivity index (χ1v) is 8.23. The third-order valence-corrected chi connectivity index (χ3v) is 3.56. The fourth-order valence-corrected chi connectivity index (χ4v) is 2.19. The molecule has 0 aliphatic heterocycles. The van der Waals surface area contributed by atoms with Crippen LogP contribution in [0, 0.1) is 0 Å². The first-order valence-electron chi connectivity index (χ1n) is 8.23. The van der Waals surface area contributed by atoms with Crippen molar-refractivity contribution in [3.8, 4) is 5.75 Å². The third kappa shape index (κ3) is 5.49. The van der Waals surface area contributed by atoms with Gasteiger partial charge in [0.1, 0.15) is 5.75 Å². The van der Waals surface area contributed by atoms with E-state index in [0.29, 0.717) is 17.9 Å². The van der Waals surface area contributed by atoms with Gasteiger partial charge in [-0.05, 0) is 43.2 Å². The lowest BCUT2D eigenvalue weighted by Gasteiger charge is -2.07. The zero-order valence-corrected chi connectivity index (χ0v) is 14.4. The molecule has 5 nitrogen and oxygen atoms in total. The molecule has 5 heteroatoms. The first-order chi connectivity index (χ1) is 12.1. The zero-order valence-electron chi connectivity index (χ0n) is 14.4. The van der Waals surface area contributed by atoms with Crippen molar-refractivity contribution in [2.24, 2.45) is 0 Å². The molecule has 2 amide bonds. The molecule has 0 aliphatic rings. The van der Waals surface area contributed by atoms with E-state index in [1.54, 1.807) is 18.2 Å². The zero-order chi connectivity index (χ0) is 18.1. The smallest absolute Gasteiger partial charge is 0.269 e. The van der Waals surface area contributed by atoms with Crippen LogP contribution >= 0.6 is 0 Å². The van der Waals surface area contributed by atoms with Crippen LogP contribution in [0.2, 0.25) is 0 Å². The lowest BCUT2D eigenvalue weighted by molar-refractivity contribution is -0.117. The largest absolute Gasteiger partial charge is 0.493 e. The van der Waals surface area contributed by atoms with Crippen molar-refractivity contribution in [1.82, 2.24) is 10.9 Å². The topological polar surface area (TPSA) is 67.4 Å². The Morgan fingerprint density at radius 3 is 2.40 bits per heavy atom. The average Bonchev–Trinajstić information content (AvgIpc) is 2.65.